The number of nitrogens with one attached hydrogen (secondary N) is 1. The van der Waals surface area contributed by atoms with Crippen molar-refractivity contribution in [2.45, 2.75) is 43.5 Å². The average molecular weight is 313 g/mol. The molecule has 7 nitrogen and oxygen atoms in total. The third-order valence-corrected chi connectivity index (χ3v) is 5.33. The molecule has 3 N–H and O–H groups in total. The molecule has 2 unspecified atom stereocenters. The van der Waals surface area contributed by atoms with Gasteiger partial charge in [-0.2, -0.15) is 0 Å². The fraction of sp³-hybridized carbons (Fsp3) is 0.538. The summed E-state index contributed by atoms with van der Waals surface area (Å²) >= 11 is 0. The molecule has 0 heterocycles. The maximum Gasteiger partial charge on any atom is 0.270 e. The van der Waals surface area contributed by atoms with Crippen LogP contribution < -0.4 is 10.5 Å². The van der Waals surface area contributed by atoms with Crippen molar-refractivity contribution in [1.29, 1.82) is 0 Å². The number of hydrogen-bond acceptors (Lipinski definition) is 5. The minimum atomic E-state index is -3.85. The molecule has 21 heavy (non-hydrogen) atoms. The summed E-state index contributed by atoms with van der Waals surface area (Å²) in [6.07, 6.45) is 3.61. The van der Waals surface area contributed by atoms with Gasteiger partial charge in [-0.25, -0.2) is 13.1 Å². The molecule has 1 fully saturated rings. The number of anilines is 1. The molecule has 0 amide bonds. The zero-order chi connectivity index (χ0) is 15.6. The number of nitrogen functional groups attached to an aromatic ring is 1. The third-order valence-electron chi connectivity index (χ3n) is 3.76. The lowest BCUT2D eigenvalue weighted by Crippen LogP contribution is -2.38. The number of rotatable bonds is 4. The van der Waals surface area contributed by atoms with Crippen LogP contribution in [0.3, 0.4) is 0 Å². The van der Waals surface area contributed by atoms with E-state index in [0.717, 1.165) is 31.7 Å². The molecule has 8 heteroatoms. The second-order valence-electron chi connectivity index (χ2n) is 5.57. The predicted molar refractivity (Wildman–Crippen MR) is 79.3 cm³/mol. The number of nitro benzene ring substituents is 1. The van der Waals surface area contributed by atoms with Crippen molar-refractivity contribution in [3.8, 4) is 0 Å². The Kier molecular flexibility index (Phi) is 4.48. The lowest BCUT2D eigenvalue weighted by Gasteiger charge is -2.27. The van der Waals surface area contributed by atoms with E-state index in [1.807, 2.05) is 0 Å². The van der Waals surface area contributed by atoms with Gasteiger partial charge in [0.25, 0.3) is 5.69 Å². The Balaban J connectivity index is 2.26. The van der Waals surface area contributed by atoms with E-state index in [0.29, 0.717) is 5.92 Å². The lowest BCUT2D eigenvalue weighted by molar-refractivity contribution is -0.385. The van der Waals surface area contributed by atoms with Gasteiger partial charge in [0.1, 0.15) is 4.90 Å². The summed E-state index contributed by atoms with van der Waals surface area (Å²) in [5.41, 5.74) is 5.39. The summed E-state index contributed by atoms with van der Waals surface area (Å²) in [4.78, 5) is 9.91. The van der Waals surface area contributed by atoms with E-state index in [4.69, 9.17) is 5.73 Å². The van der Waals surface area contributed by atoms with Crippen LogP contribution >= 0.6 is 0 Å². The highest BCUT2D eigenvalue weighted by Crippen LogP contribution is 2.27. The van der Waals surface area contributed by atoms with Crippen LogP contribution in [-0.4, -0.2) is 19.4 Å². The quantitative estimate of drug-likeness (QED) is 0.501. The molecule has 1 saturated carbocycles. The first-order valence-electron chi connectivity index (χ1n) is 6.86. The van der Waals surface area contributed by atoms with E-state index in [2.05, 4.69) is 11.6 Å². The Morgan fingerprint density at radius 1 is 1.38 bits per heavy atom. The Morgan fingerprint density at radius 2 is 2.10 bits per heavy atom. The van der Waals surface area contributed by atoms with Gasteiger partial charge in [-0.05, 0) is 24.8 Å². The van der Waals surface area contributed by atoms with Crippen LogP contribution in [0.25, 0.3) is 0 Å². The summed E-state index contributed by atoms with van der Waals surface area (Å²) in [5.74, 6) is 0.467. The molecule has 1 aromatic carbocycles. The van der Waals surface area contributed by atoms with Gasteiger partial charge in [-0.3, -0.25) is 10.1 Å². The molecule has 116 valence electrons. The van der Waals surface area contributed by atoms with Crippen molar-refractivity contribution in [1.82, 2.24) is 4.72 Å². The topological polar surface area (TPSA) is 115 Å². The highest BCUT2D eigenvalue weighted by Gasteiger charge is 2.27. The van der Waals surface area contributed by atoms with Crippen molar-refractivity contribution in [3.63, 3.8) is 0 Å². The number of non-ortho nitro benzene ring substituents is 1. The molecule has 0 radical (unpaired) electrons. The zero-order valence-corrected chi connectivity index (χ0v) is 12.6. The molecule has 2 atom stereocenters. The Labute approximate surface area is 123 Å². The van der Waals surface area contributed by atoms with Gasteiger partial charge >= 0.3 is 0 Å². The van der Waals surface area contributed by atoms with Gasteiger partial charge in [0.15, 0.2) is 0 Å². The van der Waals surface area contributed by atoms with Crippen LogP contribution in [0, 0.1) is 16.0 Å². The molecule has 1 aromatic rings. The van der Waals surface area contributed by atoms with Crippen molar-refractivity contribution in [2.24, 2.45) is 5.92 Å². The SMILES string of the molecule is CC1CCCC(NS(=O)(=O)c2cc([N+](=O)[O-])ccc2N)C1. The van der Waals surface area contributed by atoms with Crippen LogP contribution in [0.5, 0.6) is 0 Å². The number of sulfonamides is 1. The Bertz CT molecular complexity index is 645. The van der Waals surface area contributed by atoms with Gasteiger partial charge in [0.05, 0.1) is 10.6 Å². The molecule has 0 saturated heterocycles. The first-order chi connectivity index (χ1) is 9.79. The minimum Gasteiger partial charge on any atom is -0.398 e. The monoisotopic (exact) mass is 313 g/mol. The van der Waals surface area contributed by atoms with Crippen LogP contribution in [0.4, 0.5) is 11.4 Å². The van der Waals surface area contributed by atoms with E-state index in [9.17, 15) is 18.5 Å². The maximum absolute atomic E-state index is 12.4. The van der Waals surface area contributed by atoms with Crippen molar-refractivity contribution in [2.75, 3.05) is 5.73 Å². The summed E-state index contributed by atoms with van der Waals surface area (Å²) in [7, 11) is -3.85. The Morgan fingerprint density at radius 3 is 2.71 bits per heavy atom. The number of nitrogens with two attached hydrogens (primary N) is 1. The first kappa shape index (κ1) is 15.7. The van der Waals surface area contributed by atoms with Crippen LogP contribution in [0.15, 0.2) is 23.1 Å². The predicted octanol–water partition coefficient (Wildman–Crippen LogP) is 2.03. The molecular formula is C13H19N3O4S. The Hall–Kier alpha value is -1.67. The van der Waals surface area contributed by atoms with Gasteiger partial charge < -0.3 is 5.73 Å². The van der Waals surface area contributed by atoms with E-state index < -0.39 is 14.9 Å². The summed E-state index contributed by atoms with van der Waals surface area (Å²) in [6, 6.07) is 3.30. The number of benzene rings is 1. The summed E-state index contributed by atoms with van der Waals surface area (Å²) in [6.45, 7) is 2.09. The average Bonchev–Trinajstić information content (AvgIpc) is 2.38. The summed E-state index contributed by atoms with van der Waals surface area (Å²) < 4.78 is 27.4. The maximum atomic E-state index is 12.4. The van der Waals surface area contributed by atoms with Crippen molar-refractivity contribution < 1.29 is 13.3 Å². The largest absolute Gasteiger partial charge is 0.398 e. The van der Waals surface area contributed by atoms with Gasteiger partial charge in [0, 0.05) is 18.2 Å². The van der Waals surface area contributed by atoms with Crippen molar-refractivity contribution in [3.05, 3.63) is 28.3 Å². The third kappa shape index (κ3) is 3.70. The lowest BCUT2D eigenvalue weighted by atomic mass is 9.88. The van der Waals surface area contributed by atoms with E-state index >= 15 is 0 Å². The summed E-state index contributed by atoms with van der Waals surface area (Å²) in [5, 5.41) is 10.8. The number of hydrogen-bond donors (Lipinski definition) is 2. The smallest absolute Gasteiger partial charge is 0.270 e. The molecule has 0 spiro atoms. The standard InChI is InChI=1S/C13H19N3O4S/c1-9-3-2-4-10(7-9)15-21(19,20)13-8-11(16(17)18)5-6-12(13)14/h5-6,8-10,15H,2-4,7,14H2,1H3. The highest BCUT2D eigenvalue weighted by molar-refractivity contribution is 7.89. The molecule has 1 aliphatic carbocycles. The van der Waals surface area contributed by atoms with Gasteiger partial charge in [-0.15, -0.1) is 0 Å². The van der Waals surface area contributed by atoms with Crippen LogP contribution in [-0.2, 0) is 10.0 Å². The molecule has 1 aliphatic rings. The fourth-order valence-electron chi connectivity index (χ4n) is 2.69. The molecule has 0 bridgehead atoms. The first-order valence-corrected chi connectivity index (χ1v) is 8.34. The van der Waals surface area contributed by atoms with E-state index in [-0.39, 0.29) is 22.3 Å². The minimum absolute atomic E-state index is 0.0111. The highest BCUT2D eigenvalue weighted by atomic mass is 32.2. The van der Waals surface area contributed by atoms with Crippen LogP contribution in [0.2, 0.25) is 0 Å². The van der Waals surface area contributed by atoms with Gasteiger partial charge in [0.2, 0.25) is 10.0 Å². The number of nitro groups is 1. The van der Waals surface area contributed by atoms with E-state index in [1.54, 1.807) is 0 Å². The number of nitrogens with zero attached hydrogens (tertiary/aromatic N) is 1. The zero-order valence-electron chi connectivity index (χ0n) is 11.8. The van der Waals surface area contributed by atoms with E-state index in [1.165, 1.54) is 12.1 Å². The normalized spacial score (nSPS) is 22.9. The second kappa shape index (κ2) is 5.98. The van der Waals surface area contributed by atoms with Crippen LogP contribution in [0.1, 0.15) is 32.6 Å². The fourth-order valence-corrected chi connectivity index (χ4v) is 4.13. The molecule has 2 rings (SSSR count). The van der Waals surface area contributed by atoms with Crippen molar-refractivity contribution >= 4 is 21.4 Å². The molecule has 0 aliphatic heterocycles. The molecular weight excluding hydrogens is 294 g/mol. The molecule has 0 aromatic heterocycles. The van der Waals surface area contributed by atoms with Gasteiger partial charge in [-0.1, -0.05) is 19.8 Å². The second-order valence-corrected chi connectivity index (χ2v) is 7.25.